The molecule has 0 radical (unpaired) electrons. The molecule has 4 nitrogen and oxygen atoms in total. The number of hydrogen-bond acceptors (Lipinski definition) is 3. The van der Waals surface area contributed by atoms with E-state index in [1.165, 1.54) is 11.1 Å². The molecule has 0 heterocycles. The minimum atomic E-state index is -0.309. The number of fused-ring (bicyclic) bond motifs is 1. The highest BCUT2D eigenvalue weighted by Gasteiger charge is 2.20. The normalized spacial score (nSPS) is 17.1. The number of amides is 1. The number of benzene rings is 1. The Labute approximate surface area is 119 Å². The van der Waals surface area contributed by atoms with E-state index in [4.69, 9.17) is 4.74 Å². The molecule has 1 atom stereocenters. The Bertz CT molecular complexity index is 484. The van der Waals surface area contributed by atoms with E-state index in [0.717, 1.165) is 19.3 Å². The summed E-state index contributed by atoms with van der Waals surface area (Å²) in [6, 6.07) is 8.53. The summed E-state index contributed by atoms with van der Waals surface area (Å²) in [4.78, 5) is 23.0. The van der Waals surface area contributed by atoms with E-state index >= 15 is 0 Å². The van der Waals surface area contributed by atoms with Gasteiger partial charge >= 0.3 is 5.97 Å². The van der Waals surface area contributed by atoms with Crippen molar-refractivity contribution in [3.05, 3.63) is 35.4 Å². The highest BCUT2D eigenvalue weighted by Crippen LogP contribution is 2.21. The summed E-state index contributed by atoms with van der Waals surface area (Å²) in [5.41, 5.74) is 2.69. The summed E-state index contributed by atoms with van der Waals surface area (Å²) in [6.45, 7) is 2.12. The molecule has 1 N–H and O–H groups in total. The monoisotopic (exact) mass is 275 g/mol. The average Bonchev–Trinajstić information content (AvgIpc) is 2.45. The van der Waals surface area contributed by atoms with E-state index in [2.05, 4.69) is 23.5 Å². The van der Waals surface area contributed by atoms with Crippen LogP contribution in [-0.4, -0.2) is 24.5 Å². The lowest BCUT2D eigenvalue weighted by Gasteiger charge is -2.25. The zero-order chi connectivity index (χ0) is 14.4. The standard InChI is InChI=1S/C16H21NO3/c1-2-20-16(19)10-9-15(18)17-14-8-7-12-5-3-4-6-13(12)11-14/h3-6,14H,2,7-11H2,1H3,(H,17,18). The van der Waals surface area contributed by atoms with Crippen molar-refractivity contribution in [1.29, 1.82) is 0 Å². The molecule has 108 valence electrons. The number of aryl methyl sites for hydroxylation is 1. The van der Waals surface area contributed by atoms with Crippen molar-refractivity contribution in [1.82, 2.24) is 5.32 Å². The third kappa shape index (κ3) is 4.08. The van der Waals surface area contributed by atoms with Gasteiger partial charge in [0.2, 0.25) is 5.91 Å². The molecular weight excluding hydrogens is 254 g/mol. The van der Waals surface area contributed by atoms with Crippen LogP contribution in [-0.2, 0) is 27.2 Å². The molecule has 2 rings (SSSR count). The maximum atomic E-state index is 11.8. The van der Waals surface area contributed by atoms with Gasteiger partial charge < -0.3 is 10.1 Å². The van der Waals surface area contributed by atoms with E-state index in [1.54, 1.807) is 6.92 Å². The number of rotatable bonds is 5. The maximum absolute atomic E-state index is 11.8. The molecule has 1 aromatic carbocycles. The van der Waals surface area contributed by atoms with Crippen molar-refractivity contribution >= 4 is 11.9 Å². The van der Waals surface area contributed by atoms with Crippen molar-refractivity contribution in [2.24, 2.45) is 0 Å². The minimum Gasteiger partial charge on any atom is -0.466 e. The minimum absolute atomic E-state index is 0.0672. The molecule has 0 aromatic heterocycles. The van der Waals surface area contributed by atoms with Crippen LogP contribution < -0.4 is 5.32 Å². The first kappa shape index (κ1) is 14.6. The second kappa shape index (κ2) is 7.08. The first-order valence-electron chi connectivity index (χ1n) is 7.20. The second-order valence-electron chi connectivity index (χ2n) is 5.08. The highest BCUT2D eigenvalue weighted by molar-refractivity contribution is 5.81. The second-order valence-corrected chi connectivity index (χ2v) is 5.08. The molecule has 1 unspecified atom stereocenters. The van der Waals surface area contributed by atoms with Crippen LogP contribution in [0.5, 0.6) is 0 Å². The molecule has 0 spiro atoms. The van der Waals surface area contributed by atoms with Gasteiger partial charge in [0.15, 0.2) is 0 Å². The van der Waals surface area contributed by atoms with Crippen LogP contribution in [0.4, 0.5) is 0 Å². The molecule has 1 aliphatic rings. The fourth-order valence-corrected chi connectivity index (χ4v) is 2.57. The zero-order valence-electron chi connectivity index (χ0n) is 11.9. The zero-order valence-corrected chi connectivity index (χ0v) is 11.9. The predicted octanol–water partition coefficient (Wildman–Crippen LogP) is 2.00. The SMILES string of the molecule is CCOC(=O)CCC(=O)NC1CCc2ccccc2C1. The van der Waals surface area contributed by atoms with Gasteiger partial charge in [-0.2, -0.15) is 0 Å². The first-order chi connectivity index (χ1) is 9.69. The van der Waals surface area contributed by atoms with Crippen LogP contribution >= 0.6 is 0 Å². The van der Waals surface area contributed by atoms with Gasteiger partial charge in [0.05, 0.1) is 13.0 Å². The summed E-state index contributed by atoms with van der Waals surface area (Å²) in [5.74, 6) is -0.376. The quantitative estimate of drug-likeness (QED) is 0.836. The van der Waals surface area contributed by atoms with E-state index in [-0.39, 0.29) is 30.8 Å². The van der Waals surface area contributed by atoms with Crippen molar-refractivity contribution < 1.29 is 14.3 Å². The molecule has 0 saturated heterocycles. The highest BCUT2D eigenvalue weighted by atomic mass is 16.5. The summed E-state index contributed by atoms with van der Waals surface area (Å²) < 4.78 is 4.81. The van der Waals surface area contributed by atoms with Gasteiger partial charge in [0.1, 0.15) is 0 Å². The van der Waals surface area contributed by atoms with E-state index in [0.29, 0.717) is 6.61 Å². The fraction of sp³-hybridized carbons (Fsp3) is 0.500. The topological polar surface area (TPSA) is 55.4 Å². The Morgan fingerprint density at radius 3 is 2.75 bits per heavy atom. The lowest BCUT2D eigenvalue weighted by atomic mass is 9.88. The van der Waals surface area contributed by atoms with Crippen molar-refractivity contribution in [2.45, 2.75) is 45.1 Å². The Morgan fingerprint density at radius 2 is 2.00 bits per heavy atom. The largest absolute Gasteiger partial charge is 0.466 e. The van der Waals surface area contributed by atoms with Gasteiger partial charge in [0, 0.05) is 12.5 Å². The molecule has 1 amide bonds. The predicted molar refractivity (Wildman–Crippen MR) is 76.3 cm³/mol. The molecule has 0 aliphatic heterocycles. The molecule has 4 heteroatoms. The molecule has 1 aliphatic carbocycles. The van der Waals surface area contributed by atoms with Crippen LogP contribution in [0.2, 0.25) is 0 Å². The molecule has 0 bridgehead atoms. The summed E-state index contributed by atoms with van der Waals surface area (Å²) in [6.07, 6.45) is 3.20. The third-order valence-corrected chi connectivity index (χ3v) is 3.57. The molecular formula is C16H21NO3. The lowest BCUT2D eigenvalue weighted by molar-refractivity contribution is -0.144. The molecule has 0 saturated carbocycles. The number of hydrogen-bond donors (Lipinski definition) is 1. The van der Waals surface area contributed by atoms with E-state index in [9.17, 15) is 9.59 Å². The lowest BCUT2D eigenvalue weighted by Crippen LogP contribution is -2.38. The fourth-order valence-electron chi connectivity index (χ4n) is 2.57. The summed E-state index contributed by atoms with van der Waals surface area (Å²) >= 11 is 0. The van der Waals surface area contributed by atoms with Crippen LogP contribution in [0.25, 0.3) is 0 Å². The van der Waals surface area contributed by atoms with Gasteiger partial charge in [-0.1, -0.05) is 24.3 Å². The number of esters is 1. The van der Waals surface area contributed by atoms with E-state index in [1.807, 2.05) is 6.07 Å². The Kier molecular flexibility index (Phi) is 5.16. The van der Waals surface area contributed by atoms with E-state index < -0.39 is 0 Å². The number of nitrogens with one attached hydrogen (secondary N) is 1. The Hall–Kier alpha value is -1.84. The van der Waals surface area contributed by atoms with Crippen molar-refractivity contribution in [3.8, 4) is 0 Å². The maximum Gasteiger partial charge on any atom is 0.306 e. The van der Waals surface area contributed by atoms with Gasteiger partial charge in [-0.15, -0.1) is 0 Å². The molecule has 0 fully saturated rings. The number of carbonyl (C=O) groups excluding carboxylic acids is 2. The van der Waals surface area contributed by atoms with Crippen molar-refractivity contribution in [2.75, 3.05) is 6.61 Å². The van der Waals surface area contributed by atoms with Gasteiger partial charge in [-0.3, -0.25) is 9.59 Å². The van der Waals surface area contributed by atoms with Crippen LogP contribution in [0.3, 0.4) is 0 Å². The summed E-state index contributed by atoms with van der Waals surface area (Å²) in [7, 11) is 0. The van der Waals surface area contributed by atoms with Crippen LogP contribution in [0.1, 0.15) is 37.3 Å². The van der Waals surface area contributed by atoms with Gasteiger partial charge in [-0.05, 0) is 37.3 Å². The first-order valence-corrected chi connectivity index (χ1v) is 7.20. The van der Waals surface area contributed by atoms with Crippen molar-refractivity contribution in [3.63, 3.8) is 0 Å². The Balaban J connectivity index is 1.77. The van der Waals surface area contributed by atoms with Crippen LogP contribution in [0.15, 0.2) is 24.3 Å². The smallest absolute Gasteiger partial charge is 0.306 e. The molecule has 1 aromatic rings. The Morgan fingerprint density at radius 1 is 1.25 bits per heavy atom. The van der Waals surface area contributed by atoms with Gasteiger partial charge in [-0.25, -0.2) is 0 Å². The molecule has 20 heavy (non-hydrogen) atoms. The van der Waals surface area contributed by atoms with Crippen LogP contribution in [0, 0.1) is 0 Å². The van der Waals surface area contributed by atoms with Gasteiger partial charge in [0.25, 0.3) is 0 Å². The number of ether oxygens (including phenoxy) is 1. The summed E-state index contributed by atoms with van der Waals surface area (Å²) in [5, 5.41) is 3.01. The number of carbonyl (C=O) groups is 2. The average molecular weight is 275 g/mol. The third-order valence-electron chi connectivity index (χ3n) is 3.57.